The first-order valence-corrected chi connectivity index (χ1v) is 4.26. The van der Waals surface area contributed by atoms with E-state index in [-0.39, 0.29) is 6.04 Å². The number of nitriles is 1. The summed E-state index contributed by atoms with van der Waals surface area (Å²) in [5.74, 6) is 0.387. The Morgan fingerprint density at radius 3 is 2.77 bits per heavy atom. The molecule has 1 heterocycles. The normalized spacial score (nSPS) is 10.0. The first-order chi connectivity index (χ1) is 6.07. The predicted molar refractivity (Wildman–Crippen MR) is 52.6 cm³/mol. The van der Waals surface area contributed by atoms with E-state index in [2.05, 4.69) is 4.98 Å². The molecule has 5 heteroatoms. The molecule has 0 amide bonds. The highest BCUT2D eigenvalue weighted by Gasteiger charge is 2.07. The summed E-state index contributed by atoms with van der Waals surface area (Å²) in [6.07, 6.45) is 1.40. The quantitative estimate of drug-likeness (QED) is 0.690. The van der Waals surface area contributed by atoms with Crippen LogP contribution in [0.15, 0.2) is 6.20 Å². The zero-order valence-corrected chi connectivity index (χ0v) is 8.30. The van der Waals surface area contributed by atoms with Crippen LogP contribution < -0.4 is 5.73 Å². The summed E-state index contributed by atoms with van der Waals surface area (Å²) in [7, 11) is 0. The number of nitrogen functional groups attached to an aromatic ring is 1. The van der Waals surface area contributed by atoms with Crippen LogP contribution in [0.25, 0.3) is 0 Å². The third kappa shape index (κ3) is 1.68. The first-order valence-electron chi connectivity index (χ1n) is 3.85. The molecule has 0 spiro atoms. The Kier molecular flexibility index (Phi) is 2.63. The van der Waals surface area contributed by atoms with Crippen LogP contribution in [-0.2, 0) is 0 Å². The second-order valence-corrected chi connectivity index (χ2v) is 3.28. The second-order valence-electron chi connectivity index (χ2n) is 2.92. The highest BCUT2D eigenvalue weighted by Crippen LogP contribution is 2.15. The van der Waals surface area contributed by atoms with Crippen molar-refractivity contribution in [2.75, 3.05) is 5.73 Å². The largest absolute Gasteiger partial charge is 0.384 e. The van der Waals surface area contributed by atoms with Crippen LogP contribution in [0, 0.1) is 16.1 Å². The Labute approximate surface area is 81.6 Å². The molecule has 1 aromatic rings. The van der Waals surface area contributed by atoms with E-state index >= 15 is 0 Å². The van der Waals surface area contributed by atoms with Gasteiger partial charge >= 0.3 is 0 Å². The molecule has 0 saturated heterocycles. The molecule has 4 nitrogen and oxygen atoms in total. The maximum Gasteiger partial charge on any atom is 0.201 e. The number of hydrogen-bond acceptors (Lipinski definition) is 4. The lowest BCUT2D eigenvalue weighted by Gasteiger charge is -2.14. The predicted octanol–water partition coefficient (Wildman–Crippen LogP) is 1.65. The van der Waals surface area contributed by atoms with Crippen molar-refractivity contribution in [3.05, 3.63) is 16.5 Å². The van der Waals surface area contributed by atoms with E-state index in [1.165, 1.54) is 6.20 Å². The Balaban J connectivity index is 3.50. The van der Waals surface area contributed by atoms with Crippen LogP contribution >= 0.6 is 12.2 Å². The van der Waals surface area contributed by atoms with Crippen LogP contribution in [0.5, 0.6) is 0 Å². The van der Waals surface area contributed by atoms with Crippen molar-refractivity contribution in [2.24, 2.45) is 0 Å². The number of nitrogens with two attached hydrogens (primary N) is 1. The topological polar surface area (TPSA) is 67.6 Å². The SMILES string of the molecule is CC(C)n1c(N)c(C#N)cnc1=S. The molecule has 1 rings (SSSR count). The molecule has 68 valence electrons. The molecular weight excluding hydrogens is 184 g/mol. The van der Waals surface area contributed by atoms with Crippen LogP contribution in [0.4, 0.5) is 5.82 Å². The average Bonchev–Trinajstić information content (AvgIpc) is 2.04. The fraction of sp³-hybridized carbons (Fsp3) is 0.375. The van der Waals surface area contributed by atoms with Crippen molar-refractivity contribution in [1.29, 1.82) is 5.26 Å². The zero-order valence-electron chi connectivity index (χ0n) is 7.48. The number of anilines is 1. The number of hydrogen-bond donors (Lipinski definition) is 1. The van der Waals surface area contributed by atoms with Gasteiger partial charge < -0.3 is 5.73 Å². The van der Waals surface area contributed by atoms with Crippen molar-refractivity contribution < 1.29 is 0 Å². The van der Waals surface area contributed by atoms with E-state index in [1.54, 1.807) is 4.57 Å². The van der Waals surface area contributed by atoms with E-state index < -0.39 is 0 Å². The number of nitrogens with zero attached hydrogens (tertiary/aromatic N) is 3. The average molecular weight is 194 g/mol. The first kappa shape index (κ1) is 9.68. The maximum atomic E-state index is 8.70. The molecule has 1 aromatic heterocycles. The molecular formula is C8H10N4S. The van der Waals surface area contributed by atoms with E-state index in [4.69, 9.17) is 23.2 Å². The molecule has 0 bridgehead atoms. The molecule has 0 saturated carbocycles. The minimum Gasteiger partial charge on any atom is -0.384 e. The van der Waals surface area contributed by atoms with Crippen molar-refractivity contribution in [3.8, 4) is 6.07 Å². The van der Waals surface area contributed by atoms with E-state index in [0.717, 1.165) is 0 Å². The lowest BCUT2D eigenvalue weighted by atomic mass is 10.3. The highest BCUT2D eigenvalue weighted by molar-refractivity contribution is 7.71. The Morgan fingerprint density at radius 1 is 1.69 bits per heavy atom. The third-order valence-corrected chi connectivity index (χ3v) is 1.98. The van der Waals surface area contributed by atoms with Crippen molar-refractivity contribution >= 4 is 18.0 Å². The van der Waals surface area contributed by atoms with Gasteiger partial charge in [0.15, 0.2) is 0 Å². The summed E-state index contributed by atoms with van der Waals surface area (Å²) in [4.78, 5) is 3.91. The van der Waals surface area contributed by atoms with Gasteiger partial charge in [0.05, 0.1) is 6.20 Å². The summed E-state index contributed by atoms with van der Waals surface area (Å²) in [6, 6.07) is 2.08. The van der Waals surface area contributed by atoms with Crippen molar-refractivity contribution in [3.63, 3.8) is 0 Å². The fourth-order valence-corrected chi connectivity index (χ4v) is 1.43. The number of rotatable bonds is 1. The van der Waals surface area contributed by atoms with E-state index in [9.17, 15) is 0 Å². The van der Waals surface area contributed by atoms with Gasteiger partial charge in [-0.05, 0) is 26.1 Å². The van der Waals surface area contributed by atoms with Gasteiger partial charge in [-0.2, -0.15) is 5.26 Å². The molecule has 0 aliphatic heterocycles. The molecule has 13 heavy (non-hydrogen) atoms. The summed E-state index contributed by atoms with van der Waals surface area (Å²) in [6.45, 7) is 3.88. The van der Waals surface area contributed by atoms with E-state index in [0.29, 0.717) is 16.2 Å². The minimum atomic E-state index is 0.119. The summed E-state index contributed by atoms with van der Waals surface area (Å²) < 4.78 is 2.07. The lowest BCUT2D eigenvalue weighted by molar-refractivity contribution is 0.585. The molecule has 0 aromatic carbocycles. The van der Waals surface area contributed by atoms with Crippen molar-refractivity contribution in [1.82, 2.24) is 9.55 Å². The summed E-state index contributed by atoms with van der Waals surface area (Å²) in [5.41, 5.74) is 6.09. The molecule has 0 radical (unpaired) electrons. The van der Waals surface area contributed by atoms with Crippen LogP contribution in [0.2, 0.25) is 0 Å². The molecule has 0 atom stereocenters. The standard InChI is InChI=1S/C8H10N4S/c1-5(2)12-7(10)6(3-9)4-11-8(12)13/h4-5H,10H2,1-2H3. The minimum absolute atomic E-state index is 0.119. The van der Waals surface area contributed by atoms with Crippen LogP contribution in [0.1, 0.15) is 25.5 Å². The van der Waals surface area contributed by atoms with Gasteiger partial charge in [-0.3, -0.25) is 4.57 Å². The third-order valence-electron chi connectivity index (χ3n) is 1.68. The zero-order chi connectivity index (χ0) is 10.0. The van der Waals surface area contributed by atoms with Gasteiger partial charge in [0, 0.05) is 6.04 Å². The summed E-state index contributed by atoms with van der Waals surface area (Å²) in [5, 5.41) is 8.70. The Morgan fingerprint density at radius 2 is 2.31 bits per heavy atom. The summed E-state index contributed by atoms with van der Waals surface area (Å²) >= 11 is 4.99. The number of aromatic nitrogens is 2. The molecule has 0 fully saturated rings. The van der Waals surface area contributed by atoms with Gasteiger partial charge in [-0.15, -0.1) is 0 Å². The van der Waals surface area contributed by atoms with E-state index in [1.807, 2.05) is 19.9 Å². The lowest BCUT2D eigenvalue weighted by Crippen LogP contribution is -2.12. The van der Waals surface area contributed by atoms with Gasteiger partial charge in [0.25, 0.3) is 0 Å². The Hall–Kier alpha value is -1.41. The van der Waals surface area contributed by atoms with Gasteiger partial charge in [0.2, 0.25) is 4.77 Å². The van der Waals surface area contributed by atoms with Crippen LogP contribution in [0.3, 0.4) is 0 Å². The van der Waals surface area contributed by atoms with Gasteiger partial charge in [0.1, 0.15) is 17.5 Å². The van der Waals surface area contributed by atoms with Gasteiger partial charge in [-0.1, -0.05) is 0 Å². The molecule has 0 aliphatic carbocycles. The molecule has 0 aliphatic rings. The fourth-order valence-electron chi connectivity index (χ4n) is 1.07. The van der Waals surface area contributed by atoms with Crippen LogP contribution in [-0.4, -0.2) is 9.55 Å². The second kappa shape index (κ2) is 3.54. The molecule has 0 unspecified atom stereocenters. The maximum absolute atomic E-state index is 8.70. The highest BCUT2D eigenvalue weighted by atomic mass is 32.1. The van der Waals surface area contributed by atoms with Gasteiger partial charge in [-0.25, -0.2) is 4.98 Å². The smallest absolute Gasteiger partial charge is 0.201 e. The molecule has 2 N–H and O–H groups in total. The monoisotopic (exact) mass is 194 g/mol. The Bertz CT molecular complexity index is 413. The van der Waals surface area contributed by atoms with Crippen molar-refractivity contribution in [2.45, 2.75) is 19.9 Å².